The number of anilines is 1. The van der Waals surface area contributed by atoms with Gasteiger partial charge >= 0.3 is 0 Å². The fraction of sp³-hybridized carbons (Fsp3) is 0.0714. The van der Waals surface area contributed by atoms with Gasteiger partial charge in [-0.2, -0.15) is 0 Å². The van der Waals surface area contributed by atoms with Crippen LogP contribution in [0.1, 0.15) is 5.56 Å². The van der Waals surface area contributed by atoms with Gasteiger partial charge in [0.1, 0.15) is 12.4 Å². The van der Waals surface area contributed by atoms with Gasteiger partial charge < -0.3 is 4.74 Å². The first kappa shape index (κ1) is 13.2. The maximum absolute atomic E-state index is 5.94. The molecule has 102 valence electrons. The molecule has 3 rings (SSSR count). The molecule has 2 aromatic carbocycles. The molecular weight excluding hydrogens is 294 g/mol. The van der Waals surface area contributed by atoms with E-state index < -0.39 is 0 Å². The standard InChI is InChI=1S/C14H12ClN3OS/c15-10-3-1-2-9(6-10)8-19-11-4-5-12-13(7-11)20-14(17-12)18-16/h1-7H,8,16H2,(H,17,18). The molecule has 0 saturated carbocycles. The Morgan fingerprint density at radius 3 is 2.95 bits per heavy atom. The zero-order valence-electron chi connectivity index (χ0n) is 10.5. The number of nitrogens with zero attached hydrogens (tertiary/aromatic N) is 1. The maximum Gasteiger partial charge on any atom is 0.198 e. The topological polar surface area (TPSA) is 60.2 Å². The summed E-state index contributed by atoms with van der Waals surface area (Å²) in [5, 5.41) is 1.40. The van der Waals surface area contributed by atoms with Gasteiger partial charge in [-0.1, -0.05) is 35.1 Å². The number of rotatable bonds is 4. The van der Waals surface area contributed by atoms with Crippen molar-refractivity contribution in [2.75, 3.05) is 5.43 Å². The van der Waals surface area contributed by atoms with Crippen LogP contribution in [-0.2, 0) is 6.61 Å². The van der Waals surface area contributed by atoms with E-state index in [-0.39, 0.29) is 0 Å². The molecule has 0 radical (unpaired) electrons. The van der Waals surface area contributed by atoms with Crippen molar-refractivity contribution in [2.24, 2.45) is 5.84 Å². The van der Waals surface area contributed by atoms with Crippen molar-refractivity contribution >= 4 is 38.3 Å². The Morgan fingerprint density at radius 2 is 2.15 bits per heavy atom. The molecule has 0 fully saturated rings. The molecule has 0 atom stereocenters. The van der Waals surface area contributed by atoms with Gasteiger partial charge in [0.15, 0.2) is 5.13 Å². The van der Waals surface area contributed by atoms with Crippen LogP contribution in [0.25, 0.3) is 10.2 Å². The lowest BCUT2D eigenvalue weighted by molar-refractivity contribution is 0.306. The number of ether oxygens (including phenoxy) is 1. The first-order valence-corrected chi connectivity index (χ1v) is 7.18. The molecule has 0 spiro atoms. The van der Waals surface area contributed by atoms with E-state index in [1.165, 1.54) is 11.3 Å². The molecule has 0 bridgehead atoms. The number of thiazole rings is 1. The molecule has 3 aromatic rings. The number of hydrogen-bond donors (Lipinski definition) is 2. The van der Waals surface area contributed by atoms with Crippen molar-refractivity contribution in [1.82, 2.24) is 4.98 Å². The zero-order valence-corrected chi connectivity index (χ0v) is 12.0. The van der Waals surface area contributed by atoms with Gasteiger partial charge in [-0.05, 0) is 35.9 Å². The fourth-order valence-electron chi connectivity index (χ4n) is 1.85. The Balaban J connectivity index is 1.77. The van der Waals surface area contributed by atoms with Crippen molar-refractivity contribution in [3.63, 3.8) is 0 Å². The molecule has 1 heterocycles. The number of nitrogens with one attached hydrogen (secondary N) is 1. The summed E-state index contributed by atoms with van der Waals surface area (Å²) in [7, 11) is 0. The monoisotopic (exact) mass is 305 g/mol. The summed E-state index contributed by atoms with van der Waals surface area (Å²) in [6, 6.07) is 13.4. The lowest BCUT2D eigenvalue weighted by atomic mass is 10.2. The van der Waals surface area contributed by atoms with Crippen molar-refractivity contribution in [2.45, 2.75) is 6.61 Å². The normalized spacial score (nSPS) is 10.7. The third kappa shape index (κ3) is 2.85. The minimum atomic E-state index is 0.479. The number of hydrogen-bond acceptors (Lipinski definition) is 5. The smallest absolute Gasteiger partial charge is 0.198 e. The second kappa shape index (κ2) is 5.66. The average Bonchev–Trinajstić information content (AvgIpc) is 2.87. The average molecular weight is 306 g/mol. The molecule has 0 aliphatic carbocycles. The van der Waals surface area contributed by atoms with Gasteiger partial charge in [-0.15, -0.1) is 0 Å². The molecule has 1 aromatic heterocycles. The third-order valence-electron chi connectivity index (χ3n) is 2.78. The highest BCUT2D eigenvalue weighted by molar-refractivity contribution is 7.22. The van der Waals surface area contributed by atoms with Crippen LogP contribution in [0, 0.1) is 0 Å². The number of hydrazine groups is 1. The van der Waals surface area contributed by atoms with Crippen LogP contribution in [-0.4, -0.2) is 4.98 Å². The van der Waals surface area contributed by atoms with Crippen LogP contribution in [0.5, 0.6) is 5.75 Å². The summed E-state index contributed by atoms with van der Waals surface area (Å²) in [6.45, 7) is 0.479. The summed E-state index contributed by atoms with van der Waals surface area (Å²) < 4.78 is 6.80. The van der Waals surface area contributed by atoms with E-state index in [4.69, 9.17) is 22.2 Å². The molecule has 0 amide bonds. The molecule has 6 heteroatoms. The Labute approximate surface area is 125 Å². The Kier molecular flexibility index (Phi) is 3.73. The van der Waals surface area contributed by atoms with Crippen LogP contribution in [0.4, 0.5) is 5.13 Å². The number of nitrogens with two attached hydrogens (primary N) is 1. The van der Waals surface area contributed by atoms with Gasteiger partial charge in [0, 0.05) is 5.02 Å². The first-order chi connectivity index (χ1) is 9.74. The predicted molar refractivity (Wildman–Crippen MR) is 83.2 cm³/mol. The van der Waals surface area contributed by atoms with E-state index in [0.29, 0.717) is 16.8 Å². The van der Waals surface area contributed by atoms with Crippen molar-refractivity contribution in [1.29, 1.82) is 0 Å². The SMILES string of the molecule is NNc1nc2ccc(OCc3cccc(Cl)c3)cc2s1. The Morgan fingerprint density at radius 1 is 1.25 bits per heavy atom. The summed E-state index contributed by atoms with van der Waals surface area (Å²) in [5.74, 6) is 6.15. The summed E-state index contributed by atoms with van der Waals surface area (Å²) in [6.07, 6.45) is 0. The van der Waals surface area contributed by atoms with Crippen molar-refractivity contribution in [3.8, 4) is 5.75 Å². The van der Waals surface area contributed by atoms with E-state index >= 15 is 0 Å². The van der Waals surface area contributed by atoms with Gasteiger partial charge in [-0.25, -0.2) is 10.8 Å². The molecule has 0 saturated heterocycles. The largest absolute Gasteiger partial charge is 0.489 e. The minimum absolute atomic E-state index is 0.479. The van der Waals surface area contributed by atoms with Crippen LogP contribution in [0.15, 0.2) is 42.5 Å². The van der Waals surface area contributed by atoms with Crippen molar-refractivity contribution in [3.05, 3.63) is 53.1 Å². The van der Waals surface area contributed by atoms with E-state index in [1.807, 2.05) is 42.5 Å². The molecule has 3 N–H and O–H groups in total. The second-order valence-electron chi connectivity index (χ2n) is 4.21. The molecule has 0 aliphatic heterocycles. The number of nitrogen functional groups attached to an aromatic ring is 1. The number of benzene rings is 2. The molecule has 4 nitrogen and oxygen atoms in total. The van der Waals surface area contributed by atoms with E-state index in [2.05, 4.69) is 10.4 Å². The molecule has 0 unspecified atom stereocenters. The van der Waals surface area contributed by atoms with Crippen molar-refractivity contribution < 1.29 is 4.74 Å². The minimum Gasteiger partial charge on any atom is -0.489 e. The highest BCUT2D eigenvalue weighted by Crippen LogP contribution is 2.29. The molecule has 0 aliphatic rings. The van der Waals surface area contributed by atoms with Gasteiger partial charge in [0.2, 0.25) is 0 Å². The summed E-state index contributed by atoms with van der Waals surface area (Å²) in [5.41, 5.74) is 4.49. The Hall–Kier alpha value is -1.82. The van der Waals surface area contributed by atoms with Crippen LogP contribution < -0.4 is 16.0 Å². The van der Waals surface area contributed by atoms with Crippen LogP contribution >= 0.6 is 22.9 Å². The third-order valence-corrected chi connectivity index (χ3v) is 3.96. The zero-order chi connectivity index (χ0) is 13.9. The van der Waals surface area contributed by atoms with Gasteiger partial charge in [0.25, 0.3) is 0 Å². The quantitative estimate of drug-likeness (QED) is 0.568. The van der Waals surface area contributed by atoms with E-state index in [9.17, 15) is 0 Å². The summed E-state index contributed by atoms with van der Waals surface area (Å²) in [4.78, 5) is 4.31. The molecular formula is C14H12ClN3OS. The molecule has 20 heavy (non-hydrogen) atoms. The second-order valence-corrected chi connectivity index (χ2v) is 5.68. The lowest BCUT2D eigenvalue weighted by Gasteiger charge is -2.06. The maximum atomic E-state index is 5.94. The van der Waals surface area contributed by atoms with E-state index in [0.717, 1.165) is 21.5 Å². The predicted octanol–water partition coefficient (Wildman–Crippen LogP) is 3.81. The lowest BCUT2D eigenvalue weighted by Crippen LogP contribution is -2.05. The van der Waals surface area contributed by atoms with E-state index in [1.54, 1.807) is 0 Å². The number of halogens is 1. The van der Waals surface area contributed by atoms with Gasteiger partial charge in [-0.3, -0.25) is 5.43 Å². The Bertz CT molecular complexity index is 744. The van der Waals surface area contributed by atoms with Gasteiger partial charge in [0.05, 0.1) is 10.2 Å². The number of aromatic nitrogens is 1. The fourth-order valence-corrected chi connectivity index (χ4v) is 2.87. The summed E-state index contributed by atoms with van der Waals surface area (Å²) >= 11 is 7.43. The highest BCUT2D eigenvalue weighted by Gasteiger charge is 2.04. The van der Waals surface area contributed by atoms with Crippen LogP contribution in [0.2, 0.25) is 5.02 Å². The highest BCUT2D eigenvalue weighted by atomic mass is 35.5. The van der Waals surface area contributed by atoms with Crippen LogP contribution in [0.3, 0.4) is 0 Å². The number of fused-ring (bicyclic) bond motifs is 1. The first-order valence-electron chi connectivity index (χ1n) is 5.99.